The Labute approximate surface area is 95.7 Å². The molecule has 2 rings (SSSR count). The van der Waals surface area contributed by atoms with E-state index >= 15 is 0 Å². The molecule has 1 fully saturated rings. The van der Waals surface area contributed by atoms with Crippen LogP contribution in [0, 0.1) is 5.41 Å². The number of nitrogens with zero attached hydrogens (tertiary/aromatic N) is 1. The van der Waals surface area contributed by atoms with Gasteiger partial charge in [0, 0.05) is 31.4 Å². The van der Waals surface area contributed by atoms with Gasteiger partial charge in [-0.05, 0) is 12.1 Å². The lowest BCUT2D eigenvalue weighted by molar-refractivity contribution is 0.122. The van der Waals surface area contributed by atoms with Crippen LogP contribution in [0.5, 0.6) is 0 Å². The summed E-state index contributed by atoms with van der Waals surface area (Å²) >= 11 is 0. The van der Waals surface area contributed by atoms with Gasteiger partial charge in [0.15, 0.2) is 0 Å². The Morgan fingerprint density at radius 3 is 2.69 bits per heavy atom. The van der Waals surface area contributed by atoms with E-state index in [0.717, 1.165) is 37.6 Å². The van der Waals surface area contributed by atoms with Crippen molar-refractivity contribution >= 4 is 11.5 Å². The van der Waals surface area contributed by atoms with Crippen LogP contribution < -0.4 is 10.2 Å². The Balaban J connectivity index is 2.28. The fourth-order valence-corrected chi connectivity index (χ4v) is 1.90. The minimum atomic E-state index is 0.460. The number of para-hydroxylation sites is 1. The molecule has 1 heterocycles. The molecule has 2 N–H and O–H groups in total. The number of hydrogen-bond donors (Lipinski definition) is 2. The summed E-state index contributed by atoms with van der Waals surface area (Å²) in [6.07, 6.45) is 0. The number of ether oxygens (including phenoxy) is 1. The standard InChI is InChI=1S/C12H17N3O/c1-14-12(13)10-4-2-3-5-11(10)15-6-8-16-9-7-15/h2-5H,6-9H2,1H3,(H2,13,14). The van der Waals surface area contributed by atoms with Gasteiger partial charge in [-0.25, -0.2) is 0 Å². The fraction of sp³-hybridized carbons (Fsp3) is 0.417. The van der Waals surface area contributed by atoms with Crippen molar-refractivity contribution in [2.45, 2.75) is 0 Å². The number of benzene rings is 1. The SMILES string of the molecule is CNC(=N)c1ccccc1N1CCOCC1. The van der Waals surface area contributed by atoms with Crippen LogP contribution in [0.15, 0.2) is 24.3 Å². The van der Waals surface area contributed by atoms with Gasteiger partial charge in [0.2, 0.25) is 0 Å². The molecule has 1 aliphatic rings. The minimum Gasteiger partial charge on any atom is -0.378 e. The number of hydrogen-bond acceptors (Lipinski definition) is 3. The highest BCUT2D eigenvalue weighted by molar-refractivity contribution is 6.01. The third-order valence-corrected chi connectivity index (χ3v) is 2.78. The topological polar surface area (TPSA) is 48.4 Å². The zero-order valence-corrected chi connectivity index (χ0v) is 9.49. The van der Waals surface area contributed by atoms with Gasteiger partial charge in [-0.2, -0.15) is 0 Å². The van der Waals surface area contributed by atoms with Crippen LogP contribution in [0.3, 0.4) is 0 Å². The van der Waals surface area contributed by atoms with Crippen molar-refractivity contribution < 1.29 is 4.74 Å². The fourth-order valence-electron chi connectivity index (χ4n) is 1.90. The Morgan fingerprint density at radius 1 is 1.31 bits per heavy atom. The van der Waals surface area contributed by atoms with Crippen LogP contribution in [0.25, 0.3) is 0 Å². The lowest BCUT2D eigenvalue weighted by Crippen LogP contribution is -2.37. The molecule has 1 aliphatic heterocycles. The van der Waals surface area contributed by atoms with Gasteiger partial charge in [0.25, 0.3) is 0 Å². The molecular weight excluding hydrogens is 202 g/mol. The number of morpholine rings is 1. The molecule has 4 heteroatoms. The average molecular weight is 219 g/mol. The molecule has 0 atom stereocenters. The highest BCUT2D eigenvalue weighted by Gasteiger charge is 2.15. The van der Waals surface area contributed by atoms with Crippen LogP contribution in [0.4, 0.5) is 5.69 Å². The summed E-state index contributed by atoms with van der Waals surface area (Å²) in [6.45, 7) is 3.32. The molecule has 0 aromatic heterocycles. The normalized spacial score (nSPS) is 15.9. The summed E-state index contributed by atoms with van der Waals surface area (Å²) in [5.74, 6) is 0.460. The lowest BCUT2D eigenvalue weighted by atomic mass is 10.1. The smallest absolute Gasteiger partial charge is 0.127 e. The minimum absolute atomic E-state index is 0.460. The molecule has 0 bridgehead atoms. The Morgan fingerprint density at radius 2 is 2.00 bits per heavy atom. The van der Waals surface area contributed by atoms with E-state index < -0.39 is 0 Å². The van der Waals surface area contributed by atoms with Crippen molar-refractivity contribution in [3.8, 4) is 0 Å². The van der Waals surface area contributed by atoms with E-state index in [0.29, 0.717) is 5.84 Å². The largest absolute Gasteiger partial charge is 0.378 e. The van der Waals surface area contributed by atoms with Gasteiger partial charge in [-0.1, -0.05) is 12.1 Å². The first-order chi connectivity index (χ1) is 7.83. The maximum Gasteiger partial charge on any atom is 0.127 e. The number of anilines is 1. The molecule has 1 saturated heterocycles. The summed E-state index contributed by atoms with van der Waals surface area (Å²) in [4.78, 5) is 2.27. The zero-order valence-electron chi connectivity index (χ0n) is 9.49. The number of amidine groups is 1. The first-order valence-corrected chi connectivity index (χ1v) is 5.51. The summed E-state index contributed by atoms with van der Waals surface area (Å²) in [6, 6.07) is 8.01. The average Bonchev–Trinajstić information content (AvgIpc) is 2.39. The number of rotatable bonds is 2. The van der Waals surface area contributed by atoms with Gasteiger partial charge in [-0.3, -0.25) is 5.41 Å². The Kier molecular flexibility index (Phi) is 3.41. The van der Waals surface area contributed by atoms with E-state index in [1.807, 2.05) is 18.2 Å². The Hall–Kier alpha value is -1.55. The third-order valence-electron chi connectivity index (χ3n) is 2.78. The van der Waals surface area contributed by atoms with Crippen LogP contribution in [0.2, 0.25) is 0 Å². The second-order valence-electron chi connectivity index (χ2n) is 3.74. The van der Waals surface area contributed by atoms with Crippen molar-refractivity contribution in [3.63, 3.8) is 0 Å². The first kappa shape index (κ1) is 11.0. The molecule has 0 aliphatic carbocycles. The quantitative estimate of drug-likeness (QED) is 0.578. The van der Waals surface area contributed by atoms with E-state index in [9.17, 15) is 0 Å². The zero-order chi connectivity index (χ0) is 11.4. The van der Waals surface area contributed by atoms with Crippen molar-refractivity contribution in [1.82, 2.24) is 5.32 Å². The van der Waals surface area contributed by atoms with Gasteiger partial charge >= 0.3 is 0 Å². The molecule has 86 valence electrons. The number of nitrogens with one attached hydrogen (secondary N) is 2. The maximum absolute atomic E-state index is 7.87. The molecule has 1 aromatic carbocycles. The molecule has 0 spiro atoms. The van der Waals surface area contributed by atoms with E-state index in [1.54, 1.807) is 7.05 Å². The predicted octanol–water partition coefficient (Wildman–Crippen LogP) is 1.07. The molecule has 0 unspecified atom stereocenters. The van der Waals surface area contributed by atoms with E-state index in [2.05, 4.69) is 16.3 Å². The monoisotopic (exact) mass is 219 g/mol. The second kappa shape index (κ2) is 4.99. The van der Waals surface area contributed by atoms with Crippen LogP contribution in [-0.2, 0) is 4.74 Å². The molecule has 0 radical (unpaired) electrons. The molecule has 0 saturated carbocycles. The lowest BCUT2D eigenvalue weighted by Gasteiger charge is -2.30. The van der Waals surface area contributed by atoms with Crippen molar-refractivity contribution in [2.75, 3.05) is 38.3 Å². The van der Waals surface area contributed by atoms with E-state index in [1.165, 1.54) is 0 Å². The summed E-state index contributed by atoms with van der Waals surface area (Å²) in [7, 11) is 1.78. The summed E-state index contributed by atoms with van der Waals surface area (Å²) < 4.78 is 5.34. The van der Waals surface area contributed by atoms with Crippen LogP contribution >= 0.6 is 0 Å². The van der Waals surface area contributed by atoms with Gasteiger partial charge in [-0.15, -0.1) is 0 Å². The molecule has 4 nitrogen and oxygen atoms in total. The first-order valence-electron chi connectivity index (χ1n) is 5.51. The third kappa shape index (κ3) is 2.17. The molecular formula is C12H17N3O. The van der Waals surface area contributed by atoms with Gasteiger partial charge in [0.05, 0.1) is 13.2 Å². The second-order valence-corrected chi connectivity index (χ2v) is 3.74. The van der Waals surface area contributed by atoms with Gasteiger partial charge < -0.3 is 15.0 Å². The van der Waals surface area contributed by atoms with Crippen LogP contribution in [0.1, 0.15) is 5.56 Å². The van der Waals surface area contributed by atoms with Crippen molar-refractivity contribution in [3.05, 3.63) is 29.8 Å². The molecule has 1 aromatic rings. The highest BCUT2D eigenvalue weighted by atomic mass is 16.5. The highest BCUT2D eigenvalue weighted by Crippen LogP contribution is 2.21. The Bertz CT molecular complexity index is 372. The predicted molar refractivity (Wildman–Crippen MR) is 65.4 cm³/mol. The summed E-state index contributed by atoms with van der Waals surface area (Å²) in [5.41, 5.74) is 2.07. The van der Waals surface area contributed by atoms with E-state index in [-0.39, 0.29) is 0 Å². The maximum atomic E-state index is 7.87. The van der Waals surface area contributed by atoms with E-state index in [4.69, 9.17) is 10.1 Å². The molecule has 0 amide bonds. The van der Waals surface area contributed by atoms with Gasteiger partial charge in [0.1, 0.15) is 5.84 Å². The summed E-state index contributed by atoms with van der Waals surface area (Å²) in [5, 5.41) is 10.8. The van der Waals surface area contributed by atoms with Crippen molar-refractivity contribution in [1.29, 1.82) is 5.41 Å². The van der Waals surface area contributed by atoms with Crippen molar-refractivity contribution in [2.24, 2.45) is 0 Å². The van der Waals surface area contributed by atoms with Crippen LogP contribution in [-0.4, -0.2) is 39.2 Å². The molecule has 16 heavy (non-hydrogen) atoms.